The van der Waals surface area contributed by atoms with Crippen LogP contribution in [0.3, 0.4) is 0 Å². The Morgan fingerprint density at radius 2 is 1.82 bits per heavy atom. The highest BCUT2D eigenvalue weighted by Crippen LogP contribution is 2.51. The van der Waals surface area contributed by atoms with E-state index in [1.807, 2.05) is 6.92 Å². The lowest BCUT2D eigenvalue weighted by atomic mass is 9.73. The minimum Gasteiger partial charge on any atom is -0.507 e. The summed E-state index contributed by atoms with van der Waals surface area (Å²) in [7, 11) is 1.36. The lowest BCUT2D eigenvalue weighted by Crippen LogP contribution is -2.54. The molecule has 3 aliphatic rings. The van der Waals surface area contributed by atoms with Crippen LogP contribution in [0.5, 0.6) is 17.2 Å². The minimum atomic E-state index is -1.03. The van der Waals surface area contributed by atoms with Crippen LogP contribution in [0.1, 0.15) is 75.8 Å². The zero-order valence-electron chi connectivity index (χ0n) is 22.5. The molecule has 1 fully saturated rings. The highest BCUT2D eigenvalue weighted by atomic mass is 16.7. The van der Waals surface area contributed by atoms with Crippen molar-refractivity contribution in [2.45, 2.75) is 63.8 Å². The van der Waals surface area contributed by atoms with E-state index >= 15 is 0 Å². The molecule has 0 spiro atoms. The number of aromatic hydroxyl groups is 2. The van der Waals surface area contributed by atoms with E-state index in [4.69, 9.17) is 14.2 Å². The number of benzene rings is 2. The number of methoxy groups -OCH3 is 1. The summed E-state index contributed by atoms with van der Waals surface area (Å²) < 4.78 is 17.5. The van der Waals surface area contributed by atoms with Gasteiger partial charge in [0.2, 0.25) is 5.78 Å². The molecule has 11 nitrogen and oxygen atoms in total. The van der Waals surface area contributed by atoms with E-state index in [-0.39, 0.29) is 64.4 Å². The maximum absolute atomic E-state index is 13.7. The first-order chi connectivity index (χ1) is 19.1. The molecule has 214 valence electrons. The Kier molecular flexibility index (Phi) is 7.68. The second-order valence-electron chi connectivity index (χ2n) is 10.4. The lowest BCUT2D eigenvalue weighted by molar-refractivity contribution is -0.246. The summed E-state index contributed by atoms with van der Waals surface area (Å²) in [6.07, 6.45) is -3.06. The Morgan fingerprint density at radius 3 is 2.50 bits per heavy atom. The van der Waals surface area contributed by atoms with E-state index in [1.54, 1.807) is 13.0 Å². The normalized spacial score (nSPS) is 27.5. The summed E-state index contributed by atoms with van der Waals surface area (Å²) in [4.78, 5) is 39.9. The quantitative estimate of drug-likeness (QED) is 0.268. The average Bonchev–Trinajstić information content (AvgIpc) is 2.95. The third-order valence-electron chi connectivity index (χ3n) is 8.13. The number of likely N-dealkylation sites (N-methyl/N-ethyl adjacent to an activating group) is 1. The summed E-state index contributed by atoms with van der Waals surface area (Å²) in [6.45, 7) is 3.47. The standard InChI is InChI=1S/C29H33NO10/c1-4-30-16-10-20(39-12(2)25(16)33)40-19-9-13(17(32)11-31)8-15-22(19)29(37)24-23(27(15)35)26(34)14-6-5-7-18(38-3)21(14)28(24)36/h5-7,12-13,16,19-20,25,30-31,33,35,37H,4,8-11H2,1-3H3/t12-,13+,16-,19-,20-,25+/m0/s1. The number of nitrogens with one attached hydrogen (secondary N) is 1. The summed E-state index contributed by atoms with van der Waals surface area (Å²) in [5.74, 6) is -3.53. The Hall–Kier alpha value is -3.35. The number of aliphatic hydroxyl groups is 2. The Balaban J connectivity index is 1.63. The number of rotatable bonds is 7. The fourth-order valence-corrected chi connectivity index (χ4v) is 6.16. The van der Waals surface area contributed by atoms with Gasteiger partial charge in [0.25, 0.3) is 0 Å². The molecule has 5 rings (SSSR count). The van der Waals surface area contributed by atoms with E-state index in [0.29, 0.717) is 6.54 Å². The molecule has 0 bridgehead atoms. The fourth-order valence-electron chi connectivity index (χ4n) is 6.16. The molecule has 0 aromatic heterocycles. The smallest absolute Gasteiger partial charge is 0.202 e. The minimum absolute atomic E-state index is 0.0225. The maximum Gasteiger partial charge on any atom is 0.202 e. The Morgan fingerprint density at radius 1 is 1.10 bits per heavy atom. The average molecular weight is 556 g/mol. The van der Waals surface area contributed by atoms with Gasteiger partial charge in [0.15, 0.2) is 17.9 Å². The Labute approximate surface area is 230 Å². The lowest BCUT2D eigenvalue weighted by Gasteiger charge is -2.41. The molecule has 0 unspecified atom stereocenters. The van der Waals surface area contributed by atoms with Crippen LogP contribution in [-0.2, 0) is 20.7 Å². The van der Waals surface area contributed by atoms with Gasteiger partial charge in [0.05, 0.1) is 42.1 Å². The number of ether oxygens (including phenoxy) is 3. The van der Waals surface area contributed by atoms with Crippen LogP contribution in [0.25, 0.3) is 0 Å². The number of phenols is 2. The van der Waals surface area contributed by atoms with Crippen molar-refractivity contribution in [2.75, 3.05) is 20.3 Å². The molecule has 11 heteroatoms. The first kappa shape index (κ1) is 28.2. The molecule has 0 amide bonds. The van der Waals surface area contributed by atoms with Gasteiger partial charge in [0.1, 0.15) is 23.9 Å². The monoisotopic (exact) mass is 555 g/mol. The van der Waals surface area contributed by atoms with E-state index in [9.17, 15) is 34.8 Å². The molecular formula is C29H33NO10. The van der Waals surface area contributed by atoms with Crippen LogP contribution in [-0.4, -0.2) is 82.6 Å². The van der Waals surface area contributed by atoms with Crippen molar-refractivity contribution >= 4 is 17.3 Å². The van der Waals surface area contributed by atoms with Crippen molar-refractivity contribution < 1.29 is 49.0 Å². The van der Waals surface area contributed by atoms with Crippen LogP contribution in [0.4, 0.5) is 0 Å². The zero-order chi connectivity index (χ0) is 28.9. The first-order valence-corrected chi connectivity index (χ1v) is 13.4. The van der Waals surface area contributed by atoms with Crippen molar-refractivity contribution in [3.8, 4) is 17.2 Å². The summed E-state index contributed by atoms with van der Waals surface area (Å²) in [5.41, 5.74) is -0.534. The van der Waals surface area contributed by atoms with E-state index in [1.165, 1.54) is 19.2 Å². The van der Waals surface area contributed by atoms with Gasteiger partial charge in [0, 0.05) is 35.1 Å². The van der Waals surface area contributed by atoms with Crippen LogP contribution in [0.15, 0.2) is 18.2 Å². The number of hydrogen-bond donors (Lipinski definition) is 5. The van der Waals surface area contributed by atoms with Crippen LogP contribution in [0, 0.1) is 5.92 Å². The molecule has 2 aromatic carbocycles. The number of Topliss-reactive ketones (excluding diaryl/α,β-unsaturated/α-hetero) is 1. The fraction of sp³-hybridized carbons (Fsp3) is 0.483. The van der Waals surface area contributed by atoms with Crippen molar-refractivity contribution in [3.05, 3.63) is 51.6 Å². The number of hydrogen-bond acceptors (Lipinski definition) is 11. The van der Waals surface area contributed by atoms with Crippen molar-refractivity contribution in [1.29, 1.82) is 0 Å². The number of aliphatic hydroxyl groups excluding tert-OH is 2. The molecule has 1 saturated heterocycles. The van der Waals surface area contributed by atoms with Crippen LogP contribution < -0.4 is 10.1 Å². The van der Waals surface area contributed by atoms with Gasteiger partial charge in [-0.2, -0.15) is 0 Å². The highest BCUT2D eigenvalue weighted by molar-refractivity contribution is 6.31. The van der Waals surface area contributed by atoms with E-state index in [0.717, 1.165) is 0 Å². The summed E-state index contributed by atoms with van der Waals surface area (Å²) in [6, 6.07) is 4.17. The SMILES string of the molecule is CCN[C@H]1C[C@H](O[C@H]2C[C@H](C(=O)CO)Cc3c(O)c4c(c(O)c32)C(=O)c2c(OC)cccc2C4=O)O[C@@H](C)[C@H]1O. The molecule has 40 heavy (non-hydrogen) atoms. The molecule has 0 saturated carbocycles. The number of ketones is 3. The van der Waals surface area contributed by atoms with E-state index < -0.39 is 66.0 Å². The maximum atomic E-state index is 13.7. The number of phenolic OH excluding ortho intramolecular Hbond substituents is 2. The number of carbonyl (C=O) groups is 3. The molecule has 5 N–H and O–H groups in total. The number of carbonyl (C=O) groups excluding carboxylic acids is 3. The molecule has 6 atom stereocenters. The summed E-state index contributed by atoms with van der Waals surface area (Å²) >= 11 is 0. The predicted octanol–water partition coefficient (Wildman–Crippen LogP) is 1.54. The molecule has 1 heterocycles. The van der Waals surface area contributed by atoms with Crippen molar-refractivity contribution in [1.82, 2.24) is 5.32 Å². The topological polar surface area (TPSA) is 172 Å². The molecule has 1 aliphatic heterocycles. The van der Waals surface area contributed by atoms with Crippen LogP contribution in [0.2, 0.25) is 0 Å². The van der Waals surface area contributed by atoms with Crippen LogP contribution >= 0.6 is 0 Å². The number of fused-ring (bicyclic) bond motifs is 3. The first-order valence-electron chi connectivity index (χ1n) is 13.4. The predicted molar refractivity (Wildman–Crippen MR) is 140 cm³/mol. The molecular weight excluding hydrogens is 522 g/mol. The van der Waals surface area contributed by atoms with Gasteiger partial charge < -0.3 is 40.0 Å². The molecule has 0 radical (unpaired) electrons. The third-order valence-corrected chi connectivity index (χ3v) is 8.13. The summed E-state index contributed by atoms with van der Waals surface area (Å²) in [5, 5.41) is 46.3. The second kappa shape index (κ2) is 10.9. The molecule has 2 aromatic rings. The Bertz CT molecular complexity index is 1370. The van der Waals surface area contributed by atoms with Gasteiger partial charge >= 0.3 is 0 Å². The van der Waals surface area contributed by atoms with E-state index in [2.05, 4.69) is 5.32 Å². The molecule has 2 aliphatic carbocycles. The second-order valence-corrected chi connectivity index (χ2v) is 10.4. The van der Waals surface area contributed by atoms with Gasteiger partial charge in [-0.25, -0.2) is 0 Å². The zero-order valence-corrected chi connectivity index (χ0v) is 22.5. The highest BCUT2D eigenvalue weighted by Gasteiger charge is 2.45. The van der Waals surface area contributed by atoms with Crippen molar-refractivity contribution in [2.24, 2.45) is 5.92 Å². The van der Waals surface area contributed by atoms with Gasteiger partial charge in [-0.1, -0.05) is 19.1 Å². The largest absolute Gasteiger partial charge is 0.507 e. The van der Waals surface area contributed by atoms with Gasteiger partial charge in [-0.3, -0.25) is 14.4 Å². The van der Waals surface area contributed by atoms with Crippen molar-refractivity contribution in [3.63, 3.8) is 0 Å². The van der Waals surface area contributed by atoms with Gasteiger partial charge in [-0.05, 0) is 32.4 Å². The third kappa shape index (κ3) is 4.47. The van der Waals surface area contributed by atoms with Gasteiger partial charge in [-0.15, -0.1) is 0 Å².